The third kappa shape index (κ3) is 2.60. The van der Waals surface area contributed by atoms with Crippen LogP contribution in [0, 0.1) is 0 Å². The maximum atomic E-state index is 2.68. The van der Waals surface area contributed by atoms with Crippen molar-refractivity contribution in [3.05, 3.63) is 145 Å². The summed E-state index contributed by atoms with van der Waals surface area (Å²) in [7, 11) is 0. The molecule has 1 aliphatic carbocycles. The molecule has 0 N–H and O–H groups in total. The van der Waals surface area contributed by atoms with Crippen LogP contribution in [0.3, 0.4) is 0 Å². The molecule has 9 aromatic rings. The molecule has 0 atom stereocenters. The van der Waals surface area contributed by atoms with E-state index >= 15 is 0 Å². The van der Waals surface area contributed by atoms with Crippen molar-refractivity contribution in [2.24, 2.45) is 0 Å². The van der Waals surface area contributed by atoms with E-state index in [-0.39, 0.29) is 5.54 Å². The summed E-state index contributed by atoms with van der Waals surface area (Å²) >= 11 is 1.95. The normalized spacial score (nSPS) is 14.0. The van der Waals surface area contributed by atoms with Crippen molar-refractivity contribution in [3.63, 3.8) is 0 Å². The Morgan fingerprint density at radius 3 is 1.83 bits per heavy atom. The molecule has 2 heterocycles. The highest BCUT2D eigenvalue weighted by Gasteiger charge is 2.42. The molecule has 10 rings (SSSR count). The Bertz CT molecular complexity index is 2550. The van der Waals surface area contributed by atoms with E-state index in [1.165, 1.54) is 85.8 Å². The van der Waals surface area contributed by atoms with Gasteiger partial charge < -0.3 is 4.57 Å². The SMILES string of the molecule is CC1(n2c3ccccc3c3c4c5ccc6ccccc6c5sc4c4ccccc4c32)c2ccccc2-c2ccccc21. The Hall–Kier alpha value is -4.92. The lowest BCUT2D eigenvalue weighted by Gasteiger charge is -2.32. The van der Waals surface area contributed by atoms with Crippen LogP contribution in [0.1, 0.15) is 18.1 Å². The van der Waals surface area contributed by atoms with Gasteiger partial charge in [0.2, 0.25) is 0 Å². The fourth-order valence-electron chi connectivity index (χ4n) is 8.03. The Balaban J connectivity index is 1.51. The first-order valence-electron chi connectivity index (χ1n) is 14.6. The maximum Gasteiger partial charge on any atom is 0.0939 e. The van der Waals surface area contributed by atoms with Crippen LogP contribution in [0.5, 0.6) is 0 Å². The summed E-state index contributed by atoms with van der Waals surface area (Å²) in [6, 6.07) is 49.6. The van der Waals surface area contributed by atoms with Crippen molar-refractivity contribution in [3.8, 4) is 11.1 Å². The van der Waals surface area contributed by atoms with Gasteiger partial charge in [0.15, 0.2) is 0 Å². The van der Waals surface area contributed by atoms with Crippen LogP contribution in [0.4, 0.5) is 0 Å². The Morgan fingerprint density at radius 2 is 1.07 bits per heavy atom. The van der Waals surface area contributed by atoms with Crippen molar-refractivity contribution >= 4 is 74.9 Å². The van der Waals surface area contributed by atoms with Crippen LogP contribution in [-0.4, -0.2) is 4.57 Å². The van der Waals surface area contributed by atoms with Crippen LogP contribution < -0.4 is 0 Å². The van der Waals surface area contributed by atoms with Gasteiger partial charge in [0, 0.05) is 41.7 Å². The lowest BCUT2D eigenvalue weighted by atomic mass is 9.88. The van der Waals surface area contributed by atoms with Crippen molar-refractivity contribution in [2.45, 2.75) is 12.5 Å². The predicted molar refractivity (Wildman–Crippen MR) is 181 cm³/mol. The van der Waals surface area contributed by atoms with Crippen LogP contribution in [0.15, 0.2) is 133 Å². The molecule has 0 unspecified atom stereocenters. The molecule has 2 aromatic heterocycles. The molecule has 2 heteroatoms. The van der Waals surface area contributed by atoms with E-state index in [0.29, 0.717) is 0 Å². The zero-order valence-electron chi connectivity index (χ0n) is 23.1. The molecular formula is C40H25NS. The molecule has 0 saturated carbocycles. The molecule has 0 saturated heterocycles. The van der Waals surface area contributed by atoms with Gasteiger partial charge in [0.25, 0.3) is 0 Å². The monoisotopic (exact) mass is 551 g/mol. The number of nitrogens with zero attached hydrogens (tertiary/aromatic N) is 1. The minimum atomic E-state index is -0.372. The molecule has 42 heavy (non-hydrogen) atoms. The number of hydrogen-bond acceptors (Lipinski definition) is 1. The molecule has 196 valence electrons. The first-order valence-corrected chi connectivity index (χ1v) is 15.4. The van der Waals surface area contributed by atoms with E-state index in [1.807, 2.05) is 11.3 Å². The molecule has 7 aromatic carbocycles. The van der Waals surface area contributed by atoms with Crippen molar-refractivity contribution in [2.75, 3.05) is 0 Å². The fraction of sp³-hybridized carbons (Fsp3) is 0.0500. The van der Waals surface area contributed by atoms with Crippen molar-refractivity contribution in [1.82, 2.24) is 4.57 Å². The number of fused-ring (bicyclic) bond motifs is 15. The first-order chi connectivity index (χ1) is 20.7. The Kier molecular flexibility index (Phi) is 4.26. The minimum absolute atomic E-state index is 0.372. The highest BCUT2D eigenvalue weighted by atomic mass is 32.1. The van der Waals surface area contributed by atoms with Crippen LogP contribution in [0.2, 0.25) is 0 Å². The van der Waals surface area contributed by atoms with Gasteiger partial charge in [-0.25, -0.2) is 0 Å². The van der Waals surface area contributed by atoms with Gasteiger partial charge >= 0.3 is 0 Å². The number of para-hydroxylation sites is 1. The van der Waals surface area contributed by atoms with Gasteiger partial charge in [-0.3, -0.25) is 0 Å². The average molecular weight is 552 g/mol. The van der Waals surface area contributed by atoms with Gasteiger partial charge in [-0.15, -0.1) is 11.3 Å². The third-order valence-electron chi connectivity index (χ3n) is 9.77. The van der Waals surface area contributed by atoms with E-state index in [1.54, 1.807) is 0 Å². The van der Waals surface area contributed by atoms with Gasteiger partial charge in [0.1, 0.15) is 0 Å². The third-order valence-corrected chi connectivity index (χ3v) is 11.0. The second kappa shape index (κ2) is 7.88. The molecule has 0 fully saturated rings. The molecule has 0 bridgehead atoms. The van der Waals surface area contributed by atoms with Crippen molar-refractivity contribution in [1.29, 1.82) is 0 Å². The topological polar surface area (TPSA) is 4.93 Å². The number of rotatable bonds is 1. The van der Waals surface area contributed by atoms with Gasteiger partial charge in [-0.2, -0.15) is 0 Å². The smallest absolute Gasteiger partial charge is 0.0939 e. The van der Waals surface area contributed by atoms with E-state index in [4.69, 9.17) is 0 Å². The number of hydrogen-bond donors (Lipinski definition) is 0. The Morgan fingerprint density at radius 1 is 0.476 bits per heavy atom. The van der Waals surface area contributed by atoms with Crippen LogP contribution in [0.25, 0.3) is 74.6 Å². The summed E-state index contributed by atoms with van der Waals surface area (Å²) in [5.41, 5.74) is 7.61. The standard InChI is InChI=1S/C40H25NS/c1-40(32-19-9-6-14-26(32)27-15-7-10-20-33(27)40)41-34-21-11-8-18-30(34)35-36-31-23-22-24-12-2-3-13-25(24)38(31)42-39(36)29-17-5-4-16-28(29)37(35)41/h2-23H,1H3. The van der Waals surface area contributed by atoms with E-state index < -0.39 is 0 Å². The quantitative estimate of drug-likeness (QED) is 0.191. The van der Waals surface area contributed by atoms with Crippen LogP contribution in [-0.2, 0) is 5.54 Å². The Labute approximate surface area is 246 Å². The average Bonchev–Trinajstić information content (AvgIpc) is 3.69. The summed E-state index contributed by atoms with van der Waals surface area (Å²) in [5, 5.41) is 10.7. The van der Waals surface area contributed by atoms with Crippen molar-refractivity contribution < 1.29 is 0 Å². The number of benzene rings is 7. The second-order valence-corrected chi connectivity index (χ2v) is 12.8. The highest BCUT2D eigenvalue weighted by Crippen LogP contribution is 2.55. The summed E-state index contributed by atoms with van der Waals surface area (Å²) in [6.07, 6.45) is 0. The fourth-order valence-corrected chi connectivity index (χ4v) is 9.42. The van der Waals surface area contributed by atoms with E-state index in [2.05, 4.69) is 145 Å². The number of thiophene rings is 1. The molecule has 1 aliphatic rings. The summed E-state index contributed by atoms with van der Waals surface area (Å²) in [5.74, 6) is 0. The zero-order valence-corrected chi connectivity index (χ0v) is 23.9. The first kappa shape index (κ1) is 22.7. The lowest BCUT2D eigenvalue weighted by molar-refractivity contribution is 0.521. The molecular weight excluding hydrogens is 527 g/mol. The lowest BCUT2D eigenvalue weighted by Crippen LogP contribution is -2.30. The molecule has 0 amide bonds. The summed E-state index contributed by atoms with van der Waals surface area (Å²) in [4.78, 5) is 0. The largest absolute Gasteiger partial charge is 0.326 e. The minimum Gasteiger partial charge on any atom is -0.326 e. The molecule has 1 nitrogen and oxygen atoms in total. The molecule has 0 radical (unpaired) electrons. The van der Waals surface area contributed by atoms with Crippen LogP contribution >= 0.6 is 11.3 Å². The number of aromatic nitrogens is 1. The van der Waals surface area contributed by atoms with Gasteiger partial charge in [-0.1, -0.05) is 127 Å². The summed E-state index contributed by atoms with van der Waals surface area (Å²) in [6.45, 7) is 2.43. The summed E-state index contributed by atoms with van der Waals surface area (Å²) < 4.78 is 5.43. The molecule has 0 aliphatic heterocycles. The van der Waals surface area contributed by atoms with E-state index in [9.17, 15) is 0 Å². The van der Waals surface area contributed by atoms with Gasteiger partial charge in [-0.05, 0) is 46.0 Å². The second-order valence-electron chi connectivity index (χ2n) is 11.8. The predicted octanol–water partition coefficient (Wildman–Crippen LogP) is 11.3. The highest BCUT2D eigenvalue weighted by molar-refractivity contribution is 7.27. The van der Waals surface area contributed by atoms with Gasteiger partial charge in [0.05, 0.1) is 16.6 Å². The maximum absolute atomic E-state index is 2.68. The zero-order chi connectivity index (χ0) is 27.6. The van der Waals surface area contributed by atoms with E-state index in [0.717, 1.165) is 0 Å². The molecule has 0 spiro atoms.